The minimum absolute atomic E-state index is 0.163. The Bertz CT molecular complexity index is 1070. The van der Waals surface area contributed by atoms with Crippen LogP contribution in [0.1, 0.15) is 0 Å². The summed E-state index contributed by atoms with van der Waals surface area (Å²) in [7, 11) is 0. The van der Waals surface area contributed by atoms with E-state index < -0.39 is 0 Å². The van der Waals surface area contributed by atoms with Crippen LogP contribution < -0.4 is 10.7 Å². The van der Waals surface area contributed by atoms with Crippen molar-refractivity contribution in [2.75, 3.05) is 5.32 Å². The Balaban J connectivity index is 1.63. The van der Waals surface area contributed by atoms with Crippen molar-refractivity contribution in [2.24, 2.45) is 0 Å². The quantitative estimate of drug-likeness (QED) is 0.590. The molecule has 0 fully saturated rings. The van der Waals surface area contributed by atoms with Crippen LogP contribution in [0.15, 0.2) is 64.2 Å². The van der Waals surface area contributed by atoms with E-state index in [1.165, 1.54) is 0 Å². The summed E-state index contributed by atoms with van der Waals surface area (Å²) in [6.45, 7) is 0. The summed E-state index contributed by atoms with van der Waals surface area (Å²) in [6.07, 6.45) is 1.54. The first-order valence-corrected chi connectivity index (χ1v) is 7.55. The van der Waals surface area contributed by atoms with Crippen molar-refractivity contribution in [1.82, 2.24) is 15.3 Å². The summed E-state index contributed by atoms with van der Waals surface area (Å²) in [4.78, 5) is 15.1. The highest BCUT2D eigenvalue weighted by Gasteiger charge is 2.10. The minimum atomic E-state index is -0.274. The second kappa shape index (κ2) is 5.82. The third-order valence-corrected chi connectivity index (χ3v) is 3.86. The van der Waals surface area contributed by atoms with Crippen LogP contribution in [0, 0.1) is 0 Å². The average Bonchev–Trinajstić information content (AvgIpc) is 3.08. The number of H-pyrrole nitrogens is 1. The lowest BCUT2D eigenvalue weighted by atomic mass is 10.1. The number of anilines is 2. The zero-order valence-corrected chi connectivity index (χ0v) is 13.0. The molecule has 0 amide bonds. The molecule has 0 saturated heterocycles. The van der Waals surface area contributed by atoms with Gasteiger partial charge in [-0.3, -0.25) is 4.79 Å². The fourth-order valence-electron chi connectivity index (χ4n) is 2.43. The number of hydrogen-bond donors (Lipinski definition) is 2. The molecule has 0 aliphatic rings. The van der Waals surface area contributed by atoms with Crippen LogP contribution in [0.25, 0.3) is 22.3 Å². The van der Waals surface area contributed by atoms with E-state index in [2.05, 4.69) is 25.2 Å². The van der Waals surface area contributed by atoms with E-state index in [-0.39, 0.29) is 10.9 Å². The van der Waals surface area contributed by atoms with Gasteiger partial charge < -0.3 is 10.3 Å². The Kier molecular flexibility index (Phi) is 3.51. The van der Waals surface area contributed by atoms with Crippen LogP contribution in [-0.4, -0.2) is 15.3 Å². The van der Waals surface area contributed by atoms with Gasteiger partial charge in [0.15, 0.2) is 0 Å². The molecule has 2 aromatic heterocycles. The van der Waals surface area contributed by atoms with Gasteiger partial charge in [0.25, 0.3) is 0 Å². The maximum atomic E-state index is 12.3. The molecule has 0 radical (unpaired) electrons. The molecule has 0 unspecified atom stereocenters. The predicted molar refractivity (Wildman–Crippen MR) is 92.6 cm³/mol. The molecule has 0 spiro atoms. The highest BCUT2D eigenvalue weighted by atomic mass is 35.5. The predicted octanol–water partition coefficient (Wildman–Crippen LogP) is 3.98. The van der Waals surface area contributed by atoms with Gasteiger partial charge in [0.05, 0.1) is 0 Å². The van der Waals surface area contributed by atoms with Gasteiger partial charge in [-0.25, -0.2) is 4.63 Å². The Labute approximate surface area is 141 Å². The lowest BCUT2D eigenvalue weighted by molar-refractivity contribution is 0.314. The Morgan fingerprint density at radius 3 is 2.67 bits per heavy atom. The largest absolute Gasteiger partial charge is 0.351 e. The average molecular weight is 339 g/mol. The number of pyridine rings is 1. The minimum Gasteiger partial charge on any atom is -0.351 e. The summed E-state index contributed by atoms with van der Waals surface area (Å²) in [5.41, 5.74) is 3.42. The molecule has 118 valence electrons. The van der Waals surface area contributed by atoms with E-state index in [1.807, 2.05) is 48.5 Å². The number of hydrogen-bond acceptors (Lipinski definition) is 5. The molecule has 2 N–H and O–H groups in total. The highest BCUT2D eigenvalue weighted by Crippen LogP contribution is 2.25. The van der Waals surface area contributed by atoms with Crippen molar-refractivity contribution in [2.45, 2.75) is 0 Å². The first kappa shape index (κ1) is 14.5. The van der Waals surface area contributed by atoms with Crippen molar-refractivity contribution in [3.8, 4) is 11.1 Å². The third-order valence-electron chi connectivity index (χ3n) is 3.62. The number of nitrogens with zero attached hydrogens (tertiary/aromatic N) is 2. The van der Waals surface area contributed by atoms with E-state index in [1.54, 1.807) is 6.20 Å². The Morgan fingerprint density at radius 2 is 1.88 bits per heavy atom. The molecule has 6 nitrogen and oxygen atoms in total. The van der Waals surface area contributed by atoms with Gasteiger partial charge in [-0.15, -0.1) is 0 Å². The number of fused-ring (bicyclic) bond motifs is 1. The smallest absolute Gasteiger partial charge is 0.236 e. The molecule has 2 aromatic carbocycles. The van der Waals surface area contributed by atoms with Gasteiger partial charge in [0.1, 0.15) is 5.69 Å². The van der Waals surface area contributed by atoms with Crippen LogP contribution in [0.2, 0.25) is 5.02 Å². The normalized spacial score (nSPS) is 10.9. The molecular formula is C17H11ClN4O2. The second-order valence-electron chi connectivity index (χ2n) is 5.21. The summed E-state index contributed by atoms with van der Waals surface area (Å²) in [5.74, 6) is 0. The molecule has 4 aromatic rings. The van der Waals surface area contributed by atoms with Crippen molar-refractivity contribution in [3.05, 3.63) is 70.0 Å². The number of rotatable bonds is 3. The zero-order valence-electron chi connectivity index (χ0n) is 12.3. The molecule has 0 atom stereocenters. The molecule has 2 heterocycles. The van der Waals surface area contributed by atoms with Gasteiger partial charge in [-0.05, 0) is 45.7 Å². The van der Waals surface area contributed by atoms with Gasteiger partial charge in [-0.1, -0.05) is 35.9 Å². The third kappa shape index (κ3) is 2.63. The summed E-state index contributed by atoms with van der Waals surface area (Å²) >= 11 is 6.02. The monoisotopic (exact) mass is 338 g/mol. The number of aromatic nitrogens is 3. The Morgan fingerprint density at radius 1 is 1.04 bits per heavy atom. The summed E-state index contributed by atoms with van der Waals surface area (Å²) in [5, 5.41) is 11.0. The molecule has 0 aliphatic heterocycles. The van der Waals surface area contributed by atoms with Gasteiger partial charge >= 0.3 is 0 Å². The maximum absolute atomic E-state index is 12.3. The zero-order chi connectivity index (χ0) is 16.5. The topological polar surface area (TPSA) is 83.8 Å². The lowest BCUT2D eigenvalue weighted by Gasteiger charge is -2.07. The highest BCUT2D eigenvalue weighted by molar-refractivity contribution is 6.30. The number of aromatic amines is 1. The van der Waals surface area contributed by atoms with Gasteiger partial charge in [-0.2, -0.15) is 0 Å². The van der Waals surface area contributed by atoms with E-state index in [0.717, 1.165) is 16.8 Å². The van der Waals surface area contributed by atoms with Crippen molar-refractivity contribution < 1.29 is 4.63 Å². The van der Waals surface area contributed by atoms with Crippen molar-refractivity contribution in [3.63, 3.8) is 0 Å². The molecule has 24 heavy (non-hydrogen) atoms. The van der Waals surface area contributed by atoms with E-state index >= 15 is 0 Å². The number of nitrogens with one attached hydrogen (secondary N) is 2. The second-order valence-corrected chi connectivity index (χ2v) is 5.64. The van der Waals surface area contributed by atoms with Gasteiger partial charge in [0, 0.05) is 16.9 Å². The van der Waals surface area contributed by atoms with E-state index in [4.69, 9.17) is 11.6 Å². The Hall–Kier alpha value is -3.12. The number of benzene rings is 2. The molecular weight excluding hydrogens is 328 g/mol. The fraction of sp³-hybridized carbons (Fsp3) is 0. The molecule has 4 rings (SSSR count). The summed E-state index contributed by atoms with van der Waals surface area (Å²) in [6, 6.07) is 15.3. The van der Waals surface area contributed by atoms with Crippen molar-refractivity contribution >= 4 is 34.1 Å². The molecule has 0 aliphatic carbocycles. The molecule has 7 heteroatoms. The lowest BCUT2D eigenvalue weighted by Crippen LogP contribution is -2.09. The first-order chi connectivity index (χ1) is 11.7. The van der Waals surface area contributed by atoms with Gasteiger partial charge in [0.2, 0.25) is 16.6 Å². The summed E-state index contributed by atoms with van der Waals surface area (Å²) < 4.78 is 4.56. The van der Waals surface area contributed by atoms with Crippen LogP contribution in [0.5, 0.6) is 0 Å². The van der Waals surface area contributed by atoms with Crippen LogP contribution >= 0.6 is 11.6 Å². The number of halogens is 1. The standard InChI is InChI=1S/C17H11ClN4O2/c18-12-3-1-2-11(8-12)10-4-6-13(7-5-10)20-14-9-19-17-15(16(14)23)21-24-22-17/h1-9,20H,(H,19,22). The van der Waals surface area contributed by atoms with Crippen LogP contribution in [-0.2, 0) is 0 Å². The van der Waals surface area contributed by atoms with E-state index in [0.29, 0.717) is 16.4 Å². The SMILES string of the molecule is O=c1c(Nc2ccc(-c3cccc(Cl)c3)cc2)c[nH]c2nonc12. The maximum Gasteiger partial charge on any atom is 0.236 e. The van der Waals surface area contributed by atoms with E-state index in [9.17, 15) is 4.79 Å². The molecule has 0 saturated carbocycles. The van der Waals surface area contributed by atoms with Crippen LogP contribution in [0.3, 0.4) is 0 Å². The fourth-order valence-corrected chi connectivity index (χ4v) is 2.62. The van der Waals surface area contributed by atoms with Crippen molar-refractivity contribution in [1.29, 1.82) is 0 Å². The molecule has 0 bridgehead atoms. The van der Waals surface area contributed by atoms with Crippen LogP contribution in [0.4, 0.5) is 11.4 Å². The first-order valence-electron chi connectivity index (χ1n) is 7.18.